The first-order chi connectivity index (χ1) is 8.19. The van der Waals surface area contributed by atoms with Crippen LogP contribution < -0.4 is 0 Å². The number of imidazole rings is 1. The summed E-state index contributed by atoms with van der Waals surface area (Å²) >= 11 is 0. The minimum atomic E-state index is -1.04. The van der Waals surface area contributed by atoms with E-state index in [-0.39, 0.29) is 5.69 Å². The number of carbonyl (C=O) groups is 1. The quantitative estimate of drug-likeness (QED) is 0.861. The minimum Gasteiger partial charge on any atom is -0.476 e. The van der Waals surface area contributed by atoms with E-state index in [0.29, 0.717) is 12.1 Å². The van der Waals surface area contributed by atoms with Gasteiger partial charge in [0.1, 0.15) is 0 Å². The van der Waals surface area contributed by atoms with Crippen molar-refractivity contribution in [3.05, 3.63) is 53.6 Å². The average Bonchev–Trinajstić information content (AvgIpc) is 2.79. The van der Waals surface area contributed by atoms with Crippen molar-refractivity contribution in [1.82, 2.24) is 9.55 Å². The average molecular weight is 227 g/mol. The normalized spacial score (nSPS) is 9.82. The molecule has 0 aliphatic rings. The summed E-state index contributed by atoms with van der Waals surface area (Å²) in [6.07, 6.45) is 2.95. The monoisotopic (exact) mass is 227 g/mol. The van der Waals surface area contributed by atoms with Gasteiger partial charge < -0.3 is 9.67 Å². The molecular weight excluding hydrogens is 218 g/mol. The second kappa shape index (κ2) is 4.49. The lowest BCUT2D eigenvalue weighted by molar-refractivity contribution is 0.0691. The molecule has 0 atom stereocenters. The summed E-state index contributed by atoms with van der Waals surface area (Å²) < 4.78 is 1.69. The molecule has 0 aliphatic carbocycles. The van der Waals surface area contributed by atoms with Crippen molar-refractivity contribution >= 4 is 5.97 Å². The molecule has 0 bridgehead atoms. The Morgan fingerprint density at radius 3 is 2.65 bits per heavy atom. The molecule has 0 saturated carbocycles. The summed E-state index contributed by atoms with van der Waals surface area (Å²) in [4.78, 5) is 14.4. The smallest absolute Gasteiger partial charge is 0.356 e. The third kappa shape index (κ3) is 2.49. The molecule has 0 fully saturated rings. The van der Waals surface area contributed by atoms with Crippen LogP contribution in [0.5, 0.6) is 0 Å². The number of rotatable bonds is 3. The first-order valence-electron chi connectivity index (χ1n) is 4.93. The largest absolute Gasteiger partial charge is 0.476 e. The maximum absolute atomic E-state index is 10.6. The van der Waals surface area contributed by atoms with Gasteiger partial charge in [0.15, 0.2) is 5.69 Å². The molecule has 17 heavy (non-hydrogen) atoms. The molecule has 1 N–H and O–H groups in total. The van der Waals surface area contributed by atoms with E-state index in [9.17, 15) is 4.79 Å². The lowest BCUT2D eigenvalue weighted by Gasteiger charge is -2.01. The summed E-state index contributed by atoms with van der Waals surface area (Å²) in [5.41, 5.74) is 1.61. The lowest BCUT2D eigenvalue weighted by atomic mass is 10.1. The third-order valence-electron chi connectivity index (χ3n) is 2.30. The highest BCUT2D eigenvalue weighted by Gasteiger charge is 2.06. The molecule has 2 aromatic rings. The molecule has 5 heteroatoms. The van der Waals surface area contributed by atoms with Gasteiger partial charge in [-0.3, -0.25) is 0 Å². The fraction of sp³-hybridized carbons (Fsp3) is 0.0833. The zero-order valence-electron chi connectivity index (χ0n) is 8.87. The Morgan fingerprint density at radius 1 is 1.41 bits per heavy atom. The summed E-state index contributed by atoms with van der Waals surface area (Å²) in [5.74, 6) is -1.04. The van der Waals surface area contributed by atoms with Crippen molar-refractivity contribution in [2.75, 3.05) is 0 Å². The zero-order valence-corrected chi connectivity index (χ0v) is 8.87. The Morgan fingerprint density at radius 2 is 2.12 bits per heavy atom. The van der Waals surface area contributed by atoms with E-state index < -0.39 is 5.97 Å². The van der Waals surface area contributed by atoms with Gasteiger partial charge in [0.25, 0.3) is 0 Å². The topological polar surface area (TPSA) is 78.9 Å². The summed E-state index contributed by atoms with van der Waals surface area (Å²) in [7, 11) is 0. The highest BCUT2D eigenvalue weighted by Crippen LogP contribution is 2.06. The maximum Gasteiger partial charge on any atom is 0.356 e. The number of hydrogen-bond acceptors (Lipinski definition) is 3. The molecule has 0 amide bonds. The lowest BCUT2D eigenvalue weighted by Crippen LogP contribution is -1.98. The first-order valence-corrected chi connectivity index (χ1v) is 4.93. The van der Waals surface area contributed by atoms with Crippen LogP contribution in [0.2, 0.25) is 0 Å². The number of hydrogen-bond donors (Lipinski definition) is 1. The molecule has 1 aromatic carbocycles. The number of carboxylic acid groups (broad SMARTS) is 1. The van der Waals surface area contributed by atoms with Crippen molar-refractivity contribution in [2.24, 2.45) is 0 Å². The molecular formula is C12H9N3O2. The van der Waals surface area contributed by atoms with E-state index in [2.05, 4.69) is 4.98 Å². The standard InChI is InChI=1S/C12H9N3O2/c13-5-9-1-3-10(4-2-9)6-15-7-11(12(16)17)14-8-15/h1-4,7-8H,6H2,(H,16,17). The number of carboxylic acids is 1. The highest BCUT2D eigenvalue weighted by molar-refractivity contribution is 5.84. The molecule has 5 nitrogen and oxygen atoms in total. The van der Waals surface area contributed by atoms with Gasteiger partial charge in [-0.1, -0.05) is 12.1 Å². The van der Waals surface area contributed by atoms with Crippen molar-refractivity contribution in [1.29, 1.82) is 5.26 Å². The van der Waals surface area contributed by atoms with E-state index in [0.717, 1.165) is 5.56 Å². The number of nitriles is 1. The zero-order chi connectivity index (χ0) is 12.3. The molecule has 0 unspecified atom stereocenters. The van der Waals surface area contributed by atoms with Gasteiger partial charge in [-0.25, -0.2) is 9.78 Å². The number of aromatic carboxylic acids is 1. The predicted octanol–water partition coefficient (Wildman–Crippen LogP) is 1.50. The molecule has 84 valence electrons. The van der Waals surface area contributed by atoms with Crippen LogP contribution in [0.4, 0.5) is 0 Å². The summed E-state index contributed by atoms with van der Waals surface area (Å²) in [5, 5.41) is 17.4. The summed E-state index contributed by atoms with van der Waals surface area (Å²) in [6.45, 7) is 0.534. The van der Waals surface area contributed by atoms with E-state index in [1.165, 1.54) is 12.5 Å². The second-order valence-electron chi connectivity index (χ2n) is 3.55. The van der Waals surface area contributed by atoms with Gasteiger partial charge in [-0.15, -0.1) is 0 Å². The second-order valence-corrected chi connectivity index (χ2v) is 3.55. The molecule has 2 rings (SSSR count). The van der Waals surface area contributed by atoms with Crippen LogP contribution in [0.15, 0.2) is 36.8 Å². The Balaban J connectivity index is 2.14. The van der Waals surface area contributed by atoms with Gasteiger partial charge >= 0.3 is 5.97 Å². The van der Waals surface area contributed by atoms with Gasteiger partial charge in [0.05, 0.1) is 18.0 Å². The van der Waals surface area contributed by atoms with Crippen LogP contribution in [0.3, 0.4) is 0 Å². The molecule has 0 aliphatic heterocycles. The van der Waals surface area contributed by atoms with E-state index in [1.807, 2.05) is 18.2 Å². The third-order valence-corrected chi connectivity index (χ3v) is 2.30. The molecule has 0 spiro atoms. The summed E-state index contributed by atoms with van der Waals surface area (Å²) in [6, 6.07) is 9.16. The van der Waals surface area contributed by atoms with E-state index in [4.69, 9.17) is 10.4 Å². The fourth-order valence-corrected chi connectivity index (χ4v) is 1.45. The SMILES string of the molecule is N#Cc1ccc(Cn2cnc(C(=O)O)c2)cc1. The van der Waals surface area contributed by atoms with Gasteiger partial charge in [-0.2, -0.15) is 5.26 Å². The number of aromatic nitrogens is 2. The van der Waals surface area contributed by atoms with Gasteiger partial charge in [-0.05, 0) is 17.7 Å². The van der Waals surface area contributed by atoms with Crippen LogP contribution in [-0.4, -0.2) is 20.6 Å². The highest BCUT2D eigenvalue weighted by atomic mass is 16.4. The minimum absolute atomic E-state index is 0.0265. The Kier molecular flexibility index (Phi) is 2.88. The van der Waals surface area contributed by atoms with Crippen molar-refractivity contribution in [2.45, 2.75) is 6.54 Å². The molecule has 1 aromatic heterocycles. The Labute approximate surface area is 97.6 Å². The first kappa shape index (κ1) is 10.9. The van der Waals surface area contributed by atoms with Crippen LogP contribution in [0, 0.1) is 11.3 Å². The fourth-order valence-electron chi connectivity index (χ4n) is 1.45. The Bertz CT molecular complexity index is 579. The van der Waals surface area contributed by atoms with E-state index >= 15 is 0 Å². The van der Waals surface area contributed by atoms with Crippen LogP contribution >= 0.6 is 0 Å². The van der Waals surface area contributed by atoms with Crippen LogP contribution in [0.1, 0.15) is 21.6 Å². The van der Waals surface area contributed by atoms with Crippen LogP contribution in [-0.2, 0) is 6.54 Å². The van der Waals surface area contributed by atoms with Crippen LogP contribution in [0.25, 0.3) is 0 Å². The Hall–Kier alpha value is -2.61. The maximum atomic E-state index is 10.6. The van der Waals surface area contributed by atoms with E-state index in [1.54, 1.807) is 16.7 Å². The van der Waals surface area contributed by atoms with Crippen molar-refractivity contribution in [3.63, 3.8) is 0 Å². The van der Waals surface area contributed by atoms with Crippen molar-refractivity contribution in [3.8, 4) is 6.07 Å². The predicted molar refractivity (Wildman–Crippen MR) is 59.4 cm³/mol. The molecule has 0 radical (unpaired) electrons. The van der Waals surface area contributed by atoms with Crippen molar-refractivity contribution < 1.29 is 9.90 Å². The van der Waals surface area contributed by atoms with Gasteiger partial charge in [0, 0.05) is 12.7 Å². The number of benzene rings is 1. The molecule has 0 saturated heterocycles. The van der Waals surface area contributed by atoms with Gasteiger partial charge in [0.2, 0.25) is 0 Å². The molecule has 1 heterocycles. The number of nitrogens with zero attached hydrogens (tertiary/aromatic N) is 3.